The van der Waals surface area contributed by atoms with Gasteiger partial charge in [-0.15, -0.1) is 0 Å². The van der Waals surface area contributed by atoms with Gasteiger partial charge in [0.15, 0.2) is 0 Å². The summed E-state index contributed by atoms with van der Waals surface area (Å²) in [6, 6.07) is 7.47. The summed E-state index contributed by atoms with van der Waals surface area (Å²) in [6.45, 7) is 5.71. The molecule has 0 aliphatic carbocycles. The Balaban J connectivity index is 2.34. The number of hydrogen-bond donors (Lipinski definition) is 0. The van der Waals surface area contributed by atoms with Gasteiger partial charge in [0.1, 0.15) is 5.65 Å². The fraction of sp³-hybridized carbons (Fsp3) is 0.400. The predicted octanol–water partition coefficient (Wildman–Crippen LogP) is 1.74. The average molecular weight is 270 g/mol. The Morgan fingerprint density at radius 1 is 1.45 bits per heavy atom. The van der Waals surface area contributed by atoms with Crippen LogP contribution in [0.25, 0.3) is 5.65 Å². The minimum absolute atomic E-state index is 0.0814. The average Bonchev–Trinajstić information content (AvgIpc) is 2.40. The number of aryl methyl sites for hydroxylation is 1. The van der Waals surface area contributed by atoms with Crippen LogP contribution in [0.15, 0.2) is 29.2 Å². The van der Waals surface area contributed by atoms with Crippen molar-refractivity contribution < 1.29 is 0 Å². The highest BCUT2D eigenvalue weighted by Gasteiger charge is 2.08. The van der Waals surface area contributed by atoms with Crippen LogP contribution >= 0.6 is 0 Å². The van der Waals surface area contributed by atoms with Crippen molar-refractivity contribution in [1.82, 2.24) is 14.3 Å². The summed E-state index contributed by atoms with van der Waals surface area (Å²) in [5.41, 5.74) is 2.29. The maximum atomic E-state index is 12.1. The zero-order valence-electron chi connectivity index (χ0n) is 11.8. The van der Waals surface area contributed by atoms with Gasteiger partial charge in [0, 0.05) is 18.8 Å². The molecule has 0 aliphatic heterocycles. The largest absolute Gasteiger partial charge is 0.285 e. The Bertz CT molecular complexity index is 699. The summed E-state index contributed by atoms with van der Waals surface area (Å²) < 4.78 is 1.55. The summed E-state index contributed by atoms with van der Waals surface area (Å²) in [6.07, 6.45) is 2.75. The van der Waals surface area contributed by atoms with Crippen molar-refractivity contribution >= 4 is 5.65 Å². The molecule has 20 heavy (non-hydrogen) atoms. The fourth-order valence-electron chi connectivity index (χ4n) is 2.20. The van der Waals surface area contributed by atoms with Gasteiger partial charge in [-0.25, -0.2) is 4.98 Å². The predicted molar refractivity (Wildman–Crippen MR) is 77.4 cm³/mol. The van der Waals surface area contributed by atoms with Gasteiger partial charge in [0.05, 0.1) is 18.3 Å². The molecule has 5 nitrogen and oxygen atoms in total. The van der Waals surface area contributed by atoms with E-state index in [-0.39, 0.29) is 5.56 Å². The van der Waals surface area contributed by atoms with E-state index in [4.69, 9.17) is 5.26 Å². The van der Waals surface area contributed by atoms with Crippen LogP contribution in [0.5, 0.6) is 0 Å². The van der Waals surface area contributed by atoms with Crippen LogP contribution in [0.1, 0.15) is 24.6 Å². The molecule has 0 bridgehead atoms. The molecule has 0 saturated heterocycles. The van der Waals surface area contributed by atoms with Gasteiger partial charge in [-0.05, 0) is 31.5 Å². The van der Waals surface area contributed by atoms with Crippen molar-refractivity contribution in [3.05, 3.63) is 46.0 Å². The van der Waals surface area contributed by atoms with Crippen LogP contribution in [0.4, 0.5) is 0 Å². The molecule has 0 aliphatic rings. The summed E-state index contributed by atoms with van der Waals surface area (Å²) in [5.74, 6) is 0. The first-order chi connectivity index (χ1) is 9.63. The van der Waals surface area contributed by atoms with Crippen molar-refractivity contribution in [1.29, 1.82) is 5.26 Å². The first-order valence-electron chi connectivity index (χ1n) is 6.72. The van der Waals surface area contributed by atoms with Crippen LogP contribution in [-0.4, -0.2) is 27.4 Å². The molecule has 0 radical (unpaired) electrons. The van der Waals surface area contributed by atoms with E-state index in [1.807, 2.05) is 24.0 Å². The summed E-state index contributed by atoms with van der Waals surface area (Å²) in [5, 5.41) is 8.82. The van der Waals surface area contributed by atoms with Crippen molar-refractivity contribution in [3.63, 3.8) is 0 Å². The monoisotopic (exact) mass is 270 g/mol. The number of aromatic nitrogens is 2. The number of hydrogen-bond acceptors (Lipinski definition) is 4. The van der Waals surface area contributed by atoms with Crippen LogP contribution in [0.2, 0.25) is 0 Å². The lowest BCUT2D eigenvalue weighted by Gasteiger charge is -2.17. The third-order valence-electron chi connectivity index (χ3n) is 3.08. The van der Waals surface area contributed by atoms with Crippen molar-refractivity contribution in [2.24, 2.45) is 0 Å². The quantitative estimate of drug-likeness (QED) is 0.776. The van der Waals surface area contributed by atoms with Crippen molar-refractivity contribution in [2.75, 3.05) is 13.1 Å². The summed E-state index contributed by atoms with van der Waals surface area (Å²) >= 11 is 0. The van der Waals surface area contributed by atoms with Gasteiger partial charge in [-0.2, -0.15) is 5.26 Å². The van der Waals surface area contributed by atoms with E-state index >= 15 is 0 Å². The second-order valence-electron chi connectivity index (χ2n) is 4.89. The normalized spacial score (nSPS) is 10.9. The highest BCUT2D eigenvalue weighted by Crippen LogP contribution is 2.05. The molecule has 5 heteroatoms. The molecule has 0 atom stereocenters. The molecule has 0 spiro atoms. The van der Waals surface area contributed by atoms with E-state index < -0.39 is 0 Å². The SMILES string of the molecule is CCCN(CC#N)Cc1cc(=O)n2cc(C)ccc2n1. The lowest BCUT2D eigenvalue weighted by atomic mass is 10.3. The van der Waals surface area contributed by atoms with E-state index in [0.717, 1.165) is 18.5 Å². The summed E-state index contributed by atoms with van der Waals surface area (Å²) in [7, 11) is 0. The lowest BCUT2D eigenvalue weighted by molar-refractivity contribution is 0.295. The number of fused-ring (bicyclic) bond motifs is 1. The van der Waals surface area contributed by atoms with Crippen LogP contribution in [0, 0.1) is 18.3 Å². The molecule has 2 aromatic rings. The van der Waals surface area contributed by atoms with Gasteiger partial charge < -0.3 is 0 Å². The second-order valence-corrected chi connectivity index (χ2v) is 4.89. The molecule has 0 N–H and O–H groups in total. The Hall–Kier alpha value is -2.19. The minimum atomic E-state index is -0.0814. The number of nitriles is 1. The first-order valence-corrected chi connectivity index (χ1v) is 6.72. The lowest BCUT2D eigenvalue weighted by Crippen LogP contribution is -2.26. The maximum absolute atomic E-state index is 12.1. The molecule has 0 unspecified atom stereocenters. The Morgan fingerprint density at radius 2 is 2.25 bits per heavy atom. The Morgan fingerprint density at radius 3 is 2.95 bits per heavy atom. The second kappa shape index (κ2) is 6.31. The van der Waals surface area contributed by atoms with Crippen LogP contribution in [0.3, 0.4) is 0 Å². The van der Waals surface area contributed by atoms with Crippen LogP contribution < -0.4 is 5.56 Å². The molecule has 0 fully saturated rings. The molecule has 2 aromatic heterocycles. The number of rotatable bonds is 5. The van der Waals surface area contributed by atoms with Gasteiger partial charge in [-0.1, -0.05) is 13.0 Å². The molecule has 2 rings (SSSR count). The van der Waals surface area contributed by atoms with E-state index in [1.165, 1.54) is 0 Å². The third-order valence-corrected chi connectivity index (χ3v) is 3.08. The summed E-state index contributed by atoms with van der Waals surface area (Å²) in [4.78, 5) is 18.6. The smallest absolute Gasteiger partial charge is 0.258 e. The van der Waals surface area contributed by atoms with Gasteiger partial charge in [-0.3, -0.25) is 14.1 Å². The molecule has 0 aromatic carbocycles. The van der Waals surface area contributed by atoms with E-state index in [2.05, 4.69) is 18.0 Å². The zero-order valence-corrected chi connectivity index (χ0v) is 11.8. The Kier molecular flexibility index (Phi) is 4.49. The molecule has 0 amide bonds. The van der Waals surface area contributed by atoms with Crippen LogP contribution in [-0.2, 0) is 6.54 Å². The zero-order chi connectivity index (χ0) is 14.5. The van der Waals surface area contributed by atoms with Gasteiger partial charge in [0.2, 0.25) is 0 Å². The maximum Gasteiger partial charge on any atom is 0.258 e. The minimum Gasteiger partial charge on any atom is -0.285 e. The number of nitrogens with zero attached hydrogens (tertiary/aromatic N) is 4. The highest BCUT2D eigenvalue weighted by molar-refractivity contribution is 5.39. The van der Waals surface area contributed by atoms with E-state index in [1.54, 1.807) is 16.7 Å². The first kappa shape index (κ1) is 14.2. The van der Waals surface area contributed by atoms with Gasteiger partial charge in [0.25, 0.3) is 5.56 Å². The van der Waals surface area contributed by atoms with Crippen molar-refractivity contribution in [3.8, 4) is 6.07 Å². The van der Waals surface area contributed by atoms with Crippen molar-refractivity contribution in [2.45, 2.75) is 26.8 Å². The topological polar surface area (TPSA) is 61.4 Å². The highest BCUT2D eigenvalue weighted by atomic mass is 16.1. The molecular formula is C15H18N4O. The standard InChI is InChI=1S/C15H18N4O/c1-3-7-18(8-6-16)11-13-9-15(20)19-10-12(2)4-5-14(19)17-13/h4-5,9-10H,3,7-8,11H2,1-2H3. The van der Waals surface area contributed by atoms with E-state index in [9.17, 15) is 4.79 Å². The Labute approximate surface area is 118 Å². The fourth-order valence-corrected chi connectivity index (χ4v) is 2.20. The van der Waals surface area contributed by atoms with E-state index in [0.29, 0.717) is 24.4 Å². The third kappa shape index (κ3) is 3.22. The molecule has 0 saturated carbocycles. The van der Waals surface area contributed by atoms with Gasteiger partial charge >= 0.3 is 0 Å². The molecule has 104 valence electrons. The molecule has 2 heterocycles. The number of pyridine rings is 1. The molecular weight excluding hydrogens is 252 g/mol.